The number of hydrogen-bond donors (Lipinski definition) is 0. The second kappa shape index (κ2) is 9.17. The highest BCUT2D eigenvalue weighted by molar-refractivity contribution is 7.89. The van der Waals surface area contributed by atoms with Crippen LogP contribution < -0.4 is 0 Å². The van der Waals surface area contributed by atoms with E-state index in [0.717, 1.165) is 18.4 Å². The summed E-state index contributed by atoms with van der Waals surface area (Å²) in [7, 11) is -3.50. The summed E-state index contributed by atoms with van der Waals surface area (Å²) in [4.78, 5) is 15.7. The van der Waals surface area contributed by atoms with Gasteiger partial charge in [-0.2, -0.15) is 4.31 Å². The summed E-state index contributed by atoms with van der Waals surface area (Å²) in [6, 6.07) is 7.78. The number of nitrogens with zero attached hydrogens (tertiary/aromatic N) is 2. The van der Waals surface area contributed by atoms with Crippen LogP contribution in [0.4, 0.5) is 0 Å². The van der Waals surface area contributed by atoms with E-state index < -0.39 is 10.0 Å². The average molecular weight is 421 g/mol. The van der Waals surface area contributed by atoms with Gasteiger partial charge in [0, 0.05) is 31.1 Å². The maximum atomic E-state index is 13.2. The van der Waals surface area contributed by atoms with Crippen molar-refractivity contribution < 1.29 is 13.2 Å². The molecule has 0 spiro atoms. The first kappa shape index (κ1) is 22.3. The van der Waals surface area contributed by atoms with Crippen LogP contribution in [0.2, 0.25) is 0 Å². The predicted octanol–water partition coefficient (Wildman–Crippen LogP) is 4.39. The fourth-order valence-electron chi connectivity index (χ4n) is 4.77. The Balaban J connectivity index is 1.65. The van der Waals surface area contributed by atoms with E-state index in [1.807, 2.05) is 12.1 Å². The van der Waals surface area contributed by atoms with Gasteiger partial charge in [0.05, 0.1) is 4.90 Å². The third kappa shape index (κ3) is 4.85. The van der Waals surface area contributed by atoms with Gasteiger partial charge >= 0.3 is 0 Å². The molecule has 1 aromatic carbocycles. The molecule has 0 atom stereocenters. The van der Waals surface area contributed by atoms with Crippen molar-refractivity contribution in [3.8, 4) is 0 Å². The number of amides is 1. The number of rotatable bonds is 6. The molecule has 29 heavy (non-hydrogen) atoms. The zero-order valence-corrected chi connectivity index (χ0v) is 19.1. The lowest BCUT2D eigenvalue weighted by Crippen LogP contribution is -2.49. The predicted molar refractivity (Wildman–Crippen MR) is 116 cm³/mol. The van der Waals surface area contributed by atoms with Gasteiger partial charge in [-0.25, -0.2) is 8.42 Å². The van der Waals surface area contributed by atoms with E-state index in [-0.39, 0.29) is 17.9 Å². The molecule has 6 heteroatoms. The van der Waals surface area contributed by atoms with Crippen molar-refractivity contribution in [3.05, 3.63) is 29.8 Å². The van der Waals surface area contributed by atoms with Crippen LogP contribution in [0.1, 0.15) is 77.7 Å². The molecule has 2 aliphatic rings. The minimum absolute atomic E-state index is 0.0623. The van der Waals surface area contributed by atoms with Crippen molar-refractivity contribution in [3.63, 3.8) is 0 Å². The molecule has 0 N–H and O–H groups in total. The van der Waals surface area contributed by atoms with Crippen molar-refractivity contribution in [1.29, 1.82) is 0 Å². The number of sulfonamides is 1. The van der Waals surface area contributed by atoms with E-state index in [1.165, 1.54) is 12.8 Å². The van der Waals surface area contributed by atoms with E-state index >= 15 is 0 Å². The van der Waals surface area contributed by atoms with Crippen molar-refractivity contribution >= 4 is 15.9 Å². The van der Waals surface area contributed by atoms with E-state index in [1.54, 1.807) is 16.4 Å². The molecule has 5 nitrogen and oxygen atoms in total. The molecule has 0 radical (unpaired) electrons. The SMILES string of the molecule is CC(C)c1ccc(S(=O)(=O)N2CCC(C(=O)N(C(C)C)C3CCCC3)CC2)cc1. The second-order valence-electron chi connectivity index (χ2n) is 9.18. The van der Waals surface area contributed by atoms with Crippen LogP contribution in [0, 0.1) is 5.92 Å². The number of carbonyl (C=O) groups is 1. The first-order valence-corrected chi connectivity index (χ1v) is 12.6. The molecule has 1 amide bonds. The summed E-state index contributed by atoms with van der Waals surface area (Å²) in [5.41, 5.74) is 1.13. The van der Waals surface area contributed by atoms with Gasteiger partial charge < -0.3 is 4.90 Å². The van der Waals surface area contributed by atoms with E-state index in [4.69, 9.17) is 0 Å². The molecule has 1 aliphatic carbocycles. The van der Waals surface area contributed by atoms with Gasteiger partial charge in [-0.1, -0.05) is 38.8 Å². The lowest BCUT2D eigenvalue weighted by molar-refractivity contribution is -0.141. The Hall–Kier alpha value is -1.40. The smallest absolute Gasteiger partial charge is 0.243 e. The molecule has 0 bridgehead atoms. The normalized spacial score (nSPS) is 19.9. The highest BCUT2D eigenvalue weighted by Crippen LogP contribution is 2.30. The zero-order chi connectivity index (χ0) is 21.2. The van der Waals surface area contributed by atoms with Crippen LogP contribution >= 0.6 is 0 Å². The Morgan fingerprint density at radius 2 is 1.52 bits per heavy atom. The van der Waals surface area contributed by atoms with Gasteiger partial charge in [0.2, 0.25) is 15.9 Å². The van der Waals surface area contributed by atoms with E-state index in [2.05, 4.69) is 32.6 Å². The Labute approximate surface area is 176 Å². The van der Waals surface area contributed by atoms with Crippen molar-refractivity contribution in [2.75, 3.05) is 13.1 Å². The molecule has 1 saturated heterocycles. The van der Waals surface area contributed by atoms with Gasteiger partial charge in [-0.15, -0.1) is 0 Å². The fourth-order valence-corrected chi connectivity index (χ4v) is 6.24. The highest BCUT2D eigenvalue weighted by Gasteiger charge is 2.37. The zero-order valence-electron chi connectivity index (χ0n) is 18.3. The number of hydrogen-bond acceptors (Lipinski definition) is 3. The first-order valence-electron chi connectivity index (χ1n) is 11.1. The van der Waals surface area contributed by atoms with Crippen LogP contribution in [-0.2, 0) is 14.8 Å². The Bertz CT molecular complexity index is 788. The summed E-state index contributed by atoms with van der Waals surface area (Å²) >= 11 is 0. The van der Waals surface area contributed by atoms with Crippen LogP contribution in [0.15, 0.2) is 29.2 Å². The summed E-state index contributed by atoms with van der Waals surface area (Å²) in [6.45, 7) is 9.21. The lowest BCUT2D eigenvalue weighted by Gasteiger charge is -2.38. The van der Waals surface area contributed by atoms with Gasteiger partial charge in [-0.3, -0.25) is 4.79 Å². The van der Waals surface area contributed by atoms with Gasteiger partial charge in [0.15, 0.2) is 0 Å². The molecule has 1 heterocycles. The Kier molecular flexibility index (Phi) is 7.05. The third-order valence-electron chi connectivity index (χ3n) is 6.52. The van der Waals surface area contributed by atoms with Crippen LogP contribution in [0.5, 0.6) is 0 Å². The molecule has 1 saturated carbocycles. The third-order valence-corrected chi connectivity index (χ3v) is 8.43. The standard InChI is InChI=1S/C23H36N2O3S/c1-17(2)19-9-11-22(12-10-19)29(27,28)24-15-13-20(14-16-24)23(26)25(18(3)4)21-7-5-6-8-21/h9-12,17-18,20-21H,5-8,13-16H2,1-4H3. The molecule has 162 valence electrons. The van der Waals surface area contributed by atoms with Gasteiger partial charge in [0.25, 0.3) is 0 Å². The topological polar surface area (TPSA) is 57.7 Å². The van der Waals surface area contributed by atoms with Crippen molar-refractivity contribution in [1.82, 2.24) is 9.21 Å². The summed E-state index contributed by atoms with van der Waals surface area (Å²) in [5.74, 6) is 0.537. The fraction of sp³-hybridized carbons (Fsp3) is 0.696. The second-order valence-corrected chi connectivity index (χ2v) is 11.1. The molecule has 0 aromatic heterocycles. The quantitative estimate of drug-likeness (QED) is 0.686. The maximum Gasteiger partial charge on any atom is 0.243 e. The Morgan fingerprint density at radius 1 is 0.966 bits per heavy atom. The molecule has 1 aromatic rings. The average Bonchev–Trinajstić information content (AvgIpc) is 3.22. The van der Waals surface area contributed by atoms with Crippen molar-refractivity contribution in [2.45, 2.75) is 89.1 Å². The Morgan fingerprint density at radius 3 is 2.00 bits per heavy atom. The van der Waals surface area contributed by atoms with Crippen LogP contribution in [0.25, 0.3) is 0 Å². The molecular formula is C23H36N2O3S. The molecule has 2 fully saturated rings. The minimum atomic E-state index is -3.50. The molecular weight excluding hydrogens is 384 g/mol. The lowest BCUT2D eigenvalue weighted by atomic mass is 9.95. The number of benzene rings is 1. The van der Waals surface area contributed by atoms with Gasteiger partial charge in [0.1, 0.15) is 0 Å². The highest BCUT2D eigenvalue weighted by atomic mass is 32.2. The first-order chi connectivity index (χ1) is 13.7. The van der Waals surface area contributed by atoms with E-state index in [0.29, 0.717) is 42.8 Å². The van der Waals surface area contributed by atoms with E-state index in [9.17, 15) is 13.2 Å². The number of carbonyl (C=O) groups excluding carboxylic acids is 1. The van der Waals surface area contributed by atoms with Crippen LogP contribution in [0.3, 0.4) is 0 Å². The molecule has 0 unspecified atom stereocenters. The largest absolute Gasteiger partial charge is 0.337 e. The van der Waals surface area contributed by atoms with Crippen LogP contribution in [-0.4, -0.2) is 48.7 Å². The summed E-state index contributed by atoms with van der Waals surface area (Å²) in [6.07, 6.45) is 5.82. The number of piperidine rings is 1. The summed E-state index contributed by atoms with van der Waals surface area (Å²) < 4.78 is 27.6. The maximum absolute atomic E-state index is 13.2. The minimum Gasteiger partial charge on any atom is -0.337 e. The summed E-state index contributed by atoms with van der Waals surface area (Å²) in [5, 5.41) is 0. The van der Waals surface area contributed by atoms with Gasteiger partial charge in [-0.05, 0) is 63.1 Å². The molecule has 1 aliphatic heterocycles. The monoisotopic (exact) mass is 420 g/mol. The molecule has 3 rings (SSSR count). The van der Waals surface area contributed by atoms with Crippen molar-refractivity contribution in [2.24, 2.45) is 5.92 Å².